The van der Waals surface area contributed by atoms with Gasteiger partial charge in [0.25, 0.3) is 0 Å². The lowest BCUT2D eigenvalue weighted by Crippen LogP contribution is -2.45. The minimum absolute atomic E-state index is 0.0148. The number of ether oxygens (including phenoxy) is 1. The molecule has 2 aromatic carbocycles. The summed E-state index contributed by atoms with van der Waals surface area (Å²) in [6.07, 6.45) is -4.83. The Balaban J connectivity index is 2.35. The van der Waals surface area contributed by atoms with Crippen molar-refractivity contribution in [3.63, 3.8) is 0 Å². The smallest absolute Gasteiger partial charge is 0.426 e. The van der Waals surface area contributed by atoms with Gasteiger partial charge in [0, 0.05) is 11.1 Å². The highest BCUT2D eigenvalue weighted by Crippen LogP contribution is 2.53. The summed E-state index contributed by atoms with van der Waals surface area (Å²) in [5.74, 6) is 0.0297. The maximum absolute atomic E-state index is 13.4. The molecule has 0 bridgehead atoms. The Kier molecular flexibility index (Phi) is 2.37. The number of halogens is 3. The topological polar surface area (TPSA) is 29.5 Å². The molecule has 0 spiro atoms. The van der Waals surface area contributed by atoms with Crippen molar-refractivity contribution >= 4 is 0 Å². The zero-order chi connectivity index (χ0) is 13.7. The molecule has 2 aromatic rings. The lowest BCUT2D eigenvalue weighted by molar-refractivity contribution is -0.250. The van der Waals surface area contributed by atoms with E-state index in [2.05, 4.69) is 0 Å². The summed E-state index contributed by atoms with van der Waals surface area (Å²) < 4.78 is 45.5. The van der Waals surface area contributed by atoms with Crippen molar-refractivity contribution in [2.45, 2.75) is 11.8 Å². The molecule has 1 N–H and O–H groups in total. The van der Waals surface area contributed by atoms with Crippen molar-refractivity contribution < 1.29 is 23.0 Å². The number of fused-ring (bicyclic) bond motifs is 2. The molecule has 0 radical (unpaired) electrons. The molecule has 1 heterocycles. The number of benzene rings is 2. The second kappa shape index (κ2) is 3.74. The van der Waals surface area contributed by atoms with Crippen molar-refractivity contribution in [2.75, 3.05) is 0 Å². The Morgan fingerprint density at radius 3 is 1.68 bits per heavy atom. The standard InChI is InChI=1S/C14H9F3O2/c15-14(16,17)13(18)9-5-1-3-7-11(9)19-12-8-4-2-6-10(12)13/h1-8,18H. The van der Waals surface area contributed by atoms with Crippen molar-refractivity contribution in [3.8, 4) is 11.5 Å². The molecule has 2 nitrogen and oxygen atoms in total. The third kappa shape index (κ3) is 1.55. The van der Waals surface area contributed by atoms with E-state index in [1.165, 1.54) is 36.4 Å². The molecule has 0 saturated carbocycles. The fourth-order valence-electron chi connectivity index (χ4n) is 2.28. The minimum atomic E-state index is -4.83. The number of alkyl halides is 3. The van der Waals surface area contributed by atoms with Crippen molar-refractivity contribution in [1.29, 1.82) is 0 Å². The Hall–Kier alpha value is -2.01. The van der Waals surface area contributed by atoms with Crippen molar-refractivity contribution in [3.05, 3.63) is 59.7 Å². The van der Waals surface area contributed by atoms with E-state index < -0.39 is 11.8 Å². The molecule has 19 heavy (non-hydrogen) atoms. The first-order valence-electron chi connectivity index (χ1n) is 5.60. The molecule has 0 saturated heterocycles. The summed E-state index contributed by atoms with van der Waals surface area (Å²) in [6.45, 7) is 0. The molecular formula is C14H9F3O2. The van der Waals surface area contributed by atoms with Gasteiger partial charge in [0.1, 0.15) is 11.5 Å². The zero-order valence-electron chi connectivity index (χ0n) is 9.61. The summed E-state index contributed by atoms with van der Waals surface area (Å²) in [7, 11) is 0. The van der Waals surface area contributed by atoms with Gasteiger partial charge in [0.05, 0.1) is 0 Å². The molecule has 98 valence electrons. The molecule has 0 amide bonds. The van der Waals surface area contributed by atoms with Crippen LogP contribution in [0, 0.1) is 0 Å². The summed E-state index contributed by atoms with van der Waals surface area (Å²) >= 11 is 0. The maximum atomic E-state index is 13.4. The normalized spacial score (nSPS) is 16.2. The average Bonchev–Trinajstić information content (AvgIpc) is 2.38. The summed E-state index contributed by atoms with van der Waals surface area (Å²) in [4.78, 5) is 0. The first-order valence-corrected chi connectivity index (χ1v) is 5.60. The van der Waals surface area contributed by atoms with Crippen LogP contribution in [0.4, 0.5) is 13.2 Å². The Labute approximate surface area is 107 Å². The van der Waals surface area contributed by atoms with Crippen LogP contribution >= 0.6 is 0 Å². The molecule has 3 rings (SSSR count). The van der Waals surface area contributed by atoms with E-state index in [0.717, 1.165) is 0 Å². The second-order valence-electron chi connectivity index (χ2n) is 4.30. The predicted molar refractivity (Wildman–Crippen MR) is 62.0 cm³/mol. The van der Waals surface area contributed by atoms with Gasteiger partial charge in [-0.25, -0.2) is 0 Å². The summed E-state index contributed by atoms with van der Waals surface area (Å²) in [6, 6.07) is 11.2. The van der Waals surface area contributed by atoms with Crippen LogP contribution in [0.15, 0.2) is 48.5 Å². The number of hydrogen-bond acceptors (Lipinski definition) is 2. The quantitative estimate of drug-likeness (QED) is 0.789. The monoisotopic (exact) mass is 266 g/mol. The lowest BCUT2D eigenvalue weighted by Gasteiger charge is -2.36. The van der Waals surface area contributed by atoms with Crippen LogP contribution in [0.1, 0.15) is 11.1 Å². The molecule has 1 aliphatic rings. The highest BCUT2D eigenvalue weighted by Gasteiger charge is 2.60. The van der Waals surface area contributed by atoms with Crippen LogP contribution in [-0.4, -0.2) is 11.3 Å². The Morgan fingerprint density at radius 2 is 1.26 bits per heavy atom. The fraction of sp³-hybridized carbons (Fsp3) is 0.143. The van der Waals surface area contributed by atoms with Gasteiger partial charge in [-0.2, -0.15) is 13.2 Å². The van der Waals surface area contributed by atoms with Crippen LogP contribution in [-0.2, 0) is 5.60 Å². The third-order valence-corrected chi connectivity index (χ3v) is 3.18. The third-order valence-electron chi connectivity index (χ3n) is 3.18. The van der Waals surface area contributed by atoms with Crippen molar-refractivity contribution in [1.82, 2.24) is 0 Å². The number of hydrogen-bond donors (Lipinski definition) is 1. The molecule has 0 unspecified atom stereocenters. The second-order valence-corrected chi connectivity index (χ2v) is 4.30. The zero-order valence-corrected chi connectivity index (χ0v) is 9.61. The number of para-hydroxylation sites is 2. The SMILES string of the molecule is OC1(C(F)(F)F)c2ccccc2Oc2ccccc21. The van der Waals surface area contributed by atoms with Gasteiger partial charge < -0.3 is 9.84 Å². The van der Waals surface area contributed by atoms with Gasteiger partial charge in [-0.3, -0.25) is 0 Å². The highest BCUT2D eigenvalue weighted by molar-refractivity contribution is 5.56. The van der Waals surface area contributed by atoms with Crippen LogP contribution < -0.4 is 4.74 Å². The Bertz CT molecular complexity index is 589. The molecule has 5 heteroatoms. The first-order chi connectivity index (χ1) is 8.94. The van der Waals surface area contributed by atoms with E-state index in [1.54, 1.807) is 12.1 Å². The Morgan fingerprint density at radius 1 is 0.842 bits per heavy atom. The largest absolute Gasteiger partial charge is 0.457 e. The van der Waals surface area contributed by atoms with E-state index in [1.807, 2.05) is 0 Å². The average molecular weight is 266 g/mol. The van der Waals surface area contributed by atoms with E-state index in [9.17, 15) is 18.3 Å². The number of rotatable bonds is 0. The lowest BCUT2D eigenvalue weighted by atomic mass is 9.83. The van der Waals surface area contributed by atoms with Gasteiger partial charge in [-0.05, 0) is 12.1 Å². The van der Waals surface area contributed by atoms with Crippen LogP contribution in [0.3, 0.4) is 0 Å². The van der Waals surface area contributed by atoms with Crippen LogP contribution in [0.2, 0.25) is 0 Å². The predicted octanol–water partition coefficient (Wildman–Crippen LogP) is 3.59. The molecule has 1 aliphatic heterocycles. The molecule has 0 atom stereocenters. The summed E-state index contributed by atoms with van der Waals surface area (Å²) in [5, 5.41) is 10.3. The minimum Gasteiger partial charge on any atom is -0.457 e. The van der Waals surface area contributed by atoms with Crippen LogP contribution in [0.25, 0.3) is 0 Å². The van der Waals surface area contributed by atoms with Gasteiger partial charge in [-0.15, -0.1) is 0 Å². The summed E-state index contributed by atoms with van der Waals surface area (Å²) in [5.41, 5.74) is -3.62. The molecule has 0 aromatic heterocycles. The maximum Gasteiger partial charge on any atom is 0.426 e. The molecule has 0 aliphatic carbocycles. The van der Waals surface area contributed by atoms with E-state index >= 15 is 0 Å². The highest BCUT2D eigenvalue weighted by atomic mass is 19.4. The fourth-order valence-corrected chi connectivity index (χ4v) is 2.28. The first kappa shape index (κ1) is 12.0. The van der Waals surface area contributed by atoms with Gasteiger partial charge >= 0.3 is 6.18 Å². The van der Waals surface area contributed by atoms with E-state index in [0.29, 0.717) is 0 Å². The number of aliphatic hydroxyl groups is 1. The van der Waals surface area contributed by atoms with Gasteiger partial charge in [0.2, 0.25) is 5.60 Å². The van der Waals surface area contributed by atoms with E-state index in [4.69, 9.17) is 4.74 Å². The molecule has 0 fully saturated rings. The van der Waals surface area contributed by atoms with Crippen LogP contribution in [0.5, 0.6) is 11.5 Å². The molecular weight excluding hydrogens is 257 g/mol. The van der Waals surface area contributed by atoms with E-state index in [-0.39, 0.29) is 22.6 Å². The van der Waals surface area contributed by atoms with Gasteiger partial charge in [0.15, 0.2) is 0 Å². The van der Waals surface area contributed by atoms with Gasteiger partial charge in [-0.1, -0.05) is 36.4 Å². The van der Waals surface area contributed by atoms with Crippen molar-refractivity contribution in [2.24, 2.45) is 0 Å².